The molecular weight excluding hydrogens is 180 g/mol. The van der Waals surface area contributed by atoms with Crippen molar-refractivity contribution >= 4 is 12.2 Å². The maximum atomic E-state index is 10.1. The van der Waals surface area contributed by atoms with Crippen LogP contribution in [0.1, 0.15) is 39.5 Å². The van der Waals surface area contributed by atoms with Crippen LogP contribution < -0.4 is 0 Å². The maximum absolute atomic E-state index is 10.1. The van der Waals surface area contributed by atoms with Crippen molar-refractivity contribution in [3.05, 3.63) is 0 Å². The monoisotopic (exact) mass is 196 g/mol. The summed E-state index contributed by atoms with van der Waals surface area (Å²) >= 11 is 0. The first-order valence-electron chi connectivity index (χ1n) is 4.73. The molecule has 1 fully saturated rings. The Bertz CT molecular complexity index is 253. The van der Waals surface area contributed by atoms with Gasteiger partial charge in [0.05, 0.1) is 5.54 Å². The summed E-state index contributed by atoms with van der Waals surface area (Å²) in [6.07, 6.45) is 7.16. The molecule has 0 saturated heterocycles. The van der Waals surface area contributed by atoms with E-state index in [0.717, 1.165) is 12.5 Å². The van der Waals surface area contributed by atoms with Crippen LogP contribution in [0, 0.1) is 11.3 Å². The molecule has 14 heavy (non-hydrogen) atoms. The van der Waals surface area contributed by atoms with Gasteiger partial charge >= 0.3 is 0 Å². The summed E-state index contributed by atoms with van der Waals surface area (Å²) in [5, 5.41) is 5.40. The highest BCUT2D eigenvalue weighted by molar-refractivity contribution is 5.35. The standard InChI is InChI=1S/C9H15NO.CHNO/c1-8-5-3-4-6-9(8,2)10-7-11;2-1-3/h8H,3-6H2,1-2H3;2H. The second-order valence-corrected chi connectivity index (χ2v) is 3.81. The number of nitrogens with one attached hydrogen (secondary N) is 1. The summed E-state index contributed by atoms with van der Waals surface area (Å²) in [5.41, 5.74) is -0.111. The molecule has 1 N–H and O–H groups in total. The molecule has 2 unspecified atom stereocenters. The average molecular weight is 196 g/mol. The van der Waals surface area contributed by atoms with Crippen molar-refractivity contribution in [3.8, 4) is 0 Å². The van der Waals surface area contributed by atoms with Gasteiger partial charge in [-0.2, -0.15) is 4.99 Å². The third-order valence-electron chi connectivity index (χ3n) is 2.93. The van der Waals surface area contributed by atoms with Crippen LogP contribution >= 0.6 is 0 Å². The van der Waals surface area contributed by atoms with Gasteiger partial charge in [-0.25, -0.2) is 15.0 Å². The number of aliphatic imine (C=N–C) groups is 1. The van der Waals surface area contributed by atoms with E-state index in [-0.39, 0.29) is 5.54 Å². The zero-order valence-electron chi connectivity index (χ0n) is 8.67. The van der Waals surface area contributed by atoms with Gasteiger partial charge in [0.25, 0.3) is 0 Å². The first-order valence-corrected chi connectivity index (χ1v) is 4.73. The minimum atomic E-state index is -0.111. The van der Waals surface area contributed by atoms with E-state index in [1.165, 1.54) is 19.3 Å². The van der Waals surface area contributed by atoms with E-state index in [0.29, 0.717) is 5.92 Å². The van der Waals surface area contributed by atoms with Crippen LogP contribution in [0.5, 0.6) is 0 Å². The molecule has 78 valence electrons. The largest absolute Gasteiger partial charge is 0.235 e. The summed E-state index contributed by atoms with van der Waals surface area (Å²) in [6.45, 7) is 4.22. The zero-order chi connectivity index (χ0) is 11.0. The lowest BCUT2D eigenvalue weighted by Gasteiger charge is -2.34. The number of hydrogen-bond acceptors (Lipinski definition) is 4. The summed E-state index contributed by atoms with van der Waals surface area (Å²) < 4.78 is 0. The van der Waals surface area contributed by atoms with Crippen LogP contribution in [0.3, 0.4) is 0 Å². The lowest BCUT2D eigenvalue weighted by atomic mass is 9.75. The van der Waals surface area contributed by atoms with E-state index in [9.17, 15) is 4.79 Å². The molecule has 1 aliphatic rings. The molecule has 2 atom stereocenters. The van der Waals surface area contributed by atoms with E-state index in [1.807, 2.05) is 0 Å². The molecule has 0 radical (unpaired) electrons. The molecule has 1 saturated carbocycles. The molecule has 1 rings (SSSR count). The number of isocyanates is 2. The molecule has 0 aromatic heterocycles. The Kier molecular flexibility index (Phi) is 5.70. The predicted octanol–water partition coefficient (Wildman–Crippen LogP) is 2.19. The summed E-state index contributed by atoms with van der Waals surface area (Å²) in [4.78, 5) is 22.4. The predicted molar refractivity (Wildman–Crippen MR) is 52.6 cm³/mol. The van der Waals surface area contributed by atoms with Gasteiger partial charge in [-0.05, 0) is 25.7 Å². The van der Waals surface area contributed by atoms with Crippen molar-refractivity contribution in [1.29, 1.82) is 5.41 Å². The highest BCUT2D eigenvalue weighted by atomic mass is 16.1. The van der Waals surface area contributed by atoms with Crippen molar-refractivity contribution in [1.82, 2.24) is 0 Å². The maximum Gasteiger partial charge on any atom is 0.235 e. The number of rotatable bonds is 1. The minimum Gasteiger partial charge on any atom is -0.222 e. The number of carbonyl (C=O) groups excluding carboxylic acids is 2. The van der Waals surface area contributed by atoms with Crippen LogP contribution in [-0.4, -0.2) is 17.7 Å². The van der Waals surface area contributed by atoms with Gasteiger partial charge in [-0.1, -0.05) is 19.8 Å². The van der Waals surface area contributed by atoms with Gasteiger partial charge in [-0.3, -0.25) is 0 Å². The van der Waals surface area contributed by atoms with Gasteiger partial charge in [0.1, 0.15) is 0 Å². The fraction of sp³-hybridized carbons (Fsp3) is 0.800. The van der Waals surface area contributed by atoms with Crippen molar-refractivity contribution in [3.63, 3.8) is 0 Å². The second-order valence-electron chi connectivity index (χ2n) is 3.81. The molecular formula is C10H16N2O2. The van der Waals surface area contributed by atoms with E-state index in [1.54, 1.807) is 6.08 Å². The fourth-order valence-electron chi connectivity index (χ4n) is 1.76. The molecule has 0 aromatic carbocycles. The Morgan fingerprint density at radius 2 is 2.00 bits per heavy atom. The van der Waals surface area contributed by atoms with E-state index >= 15 is 0 Å². The molecule has 0 bridgehead atoms. The Morgan fingerprint density at radius 1 is 1.43 bits per heavy atom. The first kappa shape index (κ1) is 12.8. The van der Waals surface area contributed by atoms with Gasteiger partial charge in [-0.15, -0.1) is 0 Å². The average Bonchev–Trinajstić information content (AvgIpc) is 2.12. The third-order valence-corrected chi connectivity index (χ3v) is 2.93. The van der Waals surface area contributed by atoms with Gasteiger partial charge < -0.3 is 0 Å². The Balaban J connectivity index is 0.000000500. The van der Waals surface area contributed by atoms with Crippen LogP contribution in [0.2, 0.25) is 0 Å². The van der Waals surface area contributed by atoms with Crippen LogP contribution in [-0.2, 0) is 9.59 Å². The smallest absolute Gasteiger partial charge is 0.222 e. The van der Waals surface area contributed by atoms with Crippen molar-refractivity contribution in [2.24, 2.45) is 10.9 Å². The summed E-state index contributed by atoms with van der Waals surface area (Å²) in [7, 11) is 0. The molecule has 0 heterocycles. The van der Waals surface area contributed by atoms with Crippen LogP contribution in [0.4, 0.5) is 0 Å². The molecule has 0 aliphatic heterocycles. The molecule has 1 aliphatic carbocycles. The fourth-order valence-corrected chi connectivity index (χ4v) is 1.76. The SMILES string of the molecule is CC1CCCCC1(C)N=C=O.N=C=O. The van der Waals surface area contributed by atoms with Gasteiger partial charge in [0.2, 0.25) is 12.2 Å². The molecule has 4 heteroatoms. The summed E-state index contributed by atoms with van der Waals surface area (Å²) in [6, 6.07) is 0. The molecule has 0 spiro atoms. The van der Waals surface area contributed by atoms with Crippen LogP contribution in [0.15, 0.2) is 4.99 Å². The minimum absolute atomic E-state index is 0.111. The Labute approximate surface area is 83.9 Å². The normalized spacial score (nSPS) is 30.3. The Morgan fingerprint density at radius 3 is 2.43 bits per heavy atom. The van der Waals surface area contributed by atoms with Crippen molar-refractivity contribution in [2.45, 2.75) is 45.1 Å². The first-order chi connectivity index (χ1) is 6.60. The van der Waals surface area contributed by atoms with Crippen molar-refractivity contribution < 1.29 is 9.59 Å². The Hall–Kier alpha value is -1.24. The lowest BCUT2D eigenvalue weighted by Crippen LogP contribution is -2.33. The van der Waals surface area contributed by atoms with Gasteiger partial charge in [0.15, 0.2) is 0 Å². The van der Waals surface area contributed by atoms with E-state index < -0.39 is 0 Å². The van der Waals surface area contributed by atoms with E-state index in [2.05, 4.69) is 18.8 Å². The van der Waals surface area contributed by atoms with Crippen molar-refractivity contribution in [2.75, 3.05) is 0 Å². The quantitative estimate of drug-likeness (QED) is 0.515. The van der Waals surface area contributed by atoms with Gasteiger partial charge in [0, 0.05) is 0 Å². The second kappa shape index (κ2) is 6.25. The number of hydrogen-bond donors (Lipinski definition) is 1. The molecule has 4 nitrogen and oxygen atoms in total. The lowest BCUT2D eigenvalue weighted by molar-refractivity contribution is 0.228. The third kappa shape index (κ3) is 3.65. The highest BCUT2D eigenvalue weighted by Crippen LogP contribution is 2.35. The molecule has 0 aromatic rings. The zero-order valence-corrected chi connectivity index (χ0v) is 8.67. The number of nitrogens with zero attached hydrogens (tertiary/aromatic N) is 1. The topological polar surface area (TPSA) is 70.3 Å². The highest BCUT2D eigenvalue weighted by Gasteiger charge is 2.32. The van der Waals surface area contributed by atoms with Crippen LogP contribution in [0.25, 0.3) is 0 Å². The molecule has 0 amide bonds. The summed E-state index contributed by atoms with van der Waals surface area (Å²) in [5.74, 6) is 0.540. The van der Waals surface area contributed by atoms with E-state index in [4.69, 9.17) is 10.2 Å².